The van der Waals surface area contributed by atoms with Crippen LogP contribution < -0.4 is 0 Å². The monoisotopic (exact) mass is 286 g/mol. The molecule has 0 aliphatic heterocycles. The summed E-state index contributed by atoms with van der Waals surface area (Å²) in [5.41, 5.74) is 2.69. The van der Waals surface area contributed by atoms with Gasteiger partial charge >= 0.3 is 5.97 Å². The summed E-state index contributed by atoms with van der Waals surface area (Å²) in [5.74, 6) is -0.223. The van der Waals surface area contributed by atoms with Gasteiger partial charge in [0.2, 0.25) is 11.5 Å². The standard InChI is InChI=1S/C13H14N6O2/c1-4-21-13(20)11-12(16-18(3)15-11)19-10-6-5-8(2)7-9(10)14-17-19/h5-7H,4H2,1-3H3. The Morgan fingerprint density at radius 1 is 1.33 bits per heavy atom. The van der Waals surface area contributed by atoms with Crippen LogP contribution in [-0.2, 0) is 11.8 Å². The quantitative estimate of drug-likeness (QED) is 0.668. The molecule has 2 heterocycles. The number of aromatic nitrogens is 6. The number of esters is 1. The lowest BCUT2D eigenvalue weighted by molar-refractivity contribution is 0.0518. The molecule has 0 saturated carbocycles. The number of hydrogen-bond acceptors (Lipinski definition) is 6. The molecule has 108 valence electrons. The zero-order valence-corrected chi connectivity index (χ0v) is 11.9. The van der Waals surface area contributed by atoms with Crippen LogP contribution in [0.3, 0.4) is 0 Å². The highest BCUT2D eigenvalue weighted by molar-refractivity contribution is 5.91. The van der Waals surface area contributed by atoms with Crippen molar-refractivity contribution in [3.63, 3.8) is 0 Å². The fraction of sp³-hybridized carbons (Fsp3) is 0.308. The normalized spacial score (nSPS) is 11.0. The van der Waals surface area contributed by atoms with Crippen LogP contribution in [-0.4, -0.2) is 42.6 Å². The highest BCUT2D eigenvalue weighted by atomic mass is 16.5. The summed E-state index contributed by atoms with van der Waals surface area (Å²) < 4.78 is 6.49. The highest BCUT2D eigenvalue weighted by Gasteiger charge is 2.22. The molecule has 0 amide bonds. The van der Waals surface area contributed by atoms with Gasteiger partial charge in [0.05, 0.1) is 12.1 Å². The van der Waals surface area contributed by atoms with E-state index in [1.54, 1.807) is 14.0 Å². The molecule has 0 aliphatic carbocycles. The molecule has 0 aliphatic rings. The molecule has 1 aromatic carbocycles. The van der Waals surface area contributed by atoms with Crippen LogP contribution in [0.5, 0.6) is 0 Å². The van der Waals surface area contributed by atoms with E-state index in [0.29, 0.717) is 5.82 Å². The molecule has 21 heavy (non-hydrogen) atoms. The molecule has 8 nitrogen and oxygen atoms in total. The molecule has 0 N–H and O–H groups in total. The minimum absolute atomic E-state index is 0.117. The second-order valence-corrected chi connectivity index (χ2v) is 4.58. The van der Waals surface area contributed by atoms with E-state index in [-0.39, 0.29) is 12.3 Å². The summed E-state index contributed by atoms with van der Waals surface area (Å²) in [4.78, 5) is 13.3. The first kappa shape index (κ1) is 13.2. The Balaban J connectivity index is 2.16. The molecule has 3 aromatic rings. The van der Waals surface area contributed by atoms with Crippen molar-refractivity contribution in [3.8, 4) is 5.82 Å². The topological polar surface area (TPSA) is 87.7 Å². The van der Waals surface area contributed by atoms with Crippen LogP contribution in [0.15, 0.2) is 18.2 Å². The van der Waals surface area contributed by atoms with Gasteiger partial charge in [-0.05, 0) is 31.5 Å². The second-order valence-electron chi connectivity index (χ2n) is 4.58. The van der Waals surface area contributed by atoms with Gasteiger partial charge in [0.1, 0.15) is 5.52 Å². The van der Waals surface area contributed by atoms with Gasteiger partial charge in [-0.15, -0.1) is 15.3 Å². The van der Waals surface area contributed by atoms with E-state index in [9.17, 15) is 4.79 Å². The molecule has 0 radical (unpaired) electrons. The van der Waals surface area contributed by atoms with E-state index >= 15 is 0 Å². The number of hydrogen-bond donors (Lipinski definition) is 0. The maximum atomic E-state index is 12.0. The van der Waals surface area contributed by atoms with Crippen LogP contribution in [0.2, 0.25) is 0 Å². The third kappa shape index (κ3) is 2.24. The first-order chi connectivity index (χ1) is 10.1. The Labute approximate surface area is 120 Å². The smallest absolute Gasteiger partial charge is 0.362 e. The molecule has 0 bridgehead atoms. The lowest BCUT2D eigenvalue weighted by Gasteiger charge is -2.01. The van der Waals surface area contributed by atoms with Gasteiger partial charge in [0, 0.05) is 7.05 Å². The van der Waals surface area contributed by atoms with E-state index in [0.717, 1.165) is 16.6 Å². The van der Waals surface area contributed by atoms with Crippen LogP contribution in [0.25, 0.3) is 16.9 Å². The average Bonchev–Trinajstić information content (AvgIpc) is 3.01. The molecular formula is C13H14N6O2. The van der Waals surface area contributed by atoms with Gasteiger partial charge in [0.25, 0.3) is 0 Å². The minimum atomic E-state index is -0.531. The summed E-state index contributed by atoms with van der Waals surface area (Å²) >= 11 is 0. The summed E-state index contributed by atoms with van der Waals surface area (Å²) in [6.07, 6.45) is 0. The number of benzene rings is 1. The lowest BCUT2D eigenvalue weighted by atomic mass is 10.2. The molecule has 0 saturated heterocycles. The third-order valence-corrected chi connectivity index (χ3v) is 2.97. The van der Waals surface area contributed by atoms with Gasteiger partial charge < -0.3 is 4.74 Å². The van der Waals surface area contributed by atoms with Crippen LogP contribution in [0.1, 0.15) is 23.0 Å². The number of carbonyl (C=O) groups excluding carboxylic acids is 1. The maximum Gasteiger partial charge on any atom is 0.362 e. The van der Waals surface area contributed by atoms with Crippen LogP contribution in [0.4, 0.5) is 0 Å². The molecule has 8 heteroatoms. The molecule has 0 spiro atoms. The Kier molecular flexibility index (Phi) is 3.13. The van der Waals surface area contributed by atoms with E-state index < -0.39 is 5.97 Å². The SMILES string of the molecule is CCOC(=O)c1nn(C)nc1-n1nnc2cc(C)ccc21. The Bertz CT molecular complexity index is 819. The molecule has 3 rings (SSSR count). The van der Waals surface area contributed by atoms with E-state index in [1.807, 2.05) is 25.1 Å². The minimum Gasteiger partial charge on any atom is -0.461 e. The zero-order valence-electron chi connectivity index (χ0n) is 11.9. The third-order valence-electron chi connectivity index (χ3n) is 2.97. The number of rotatable bonds is 3. The van der Waals surface area contributed by atoms with Crippen molar-refractivity contribution in [1.82, 2.24) is 30.0 Å². The van der Waals surface area contributed by atoms with Crippen molar-refractivity contribution in [3.05, 3.63) is 29.5 Å². The van der Waals surface area contributed by atoms with Gasteiger partial charge in [0.15, 0.2) is 0 Å². The Hall–Kier alpha value is -2.77. The maximum absolute atomic E-state index is 12.0. The van der Waals surface area contributed by atoms with Crippen LogP contribution in [0, 0.1) is 6.92 Å². The van der Waals surface area contributed by atoms with E-state index in [1.165, 1.54) is 9.48 Å². The Morgan fingerprint density at radius 2 is 2.14 bits per heavy atom. The summed E-state index contributed by atoms with van der Waals surface area (Å²) in [5, 5.41) is 16.4. The highest BCUT2D eigenvalue weighted by Crippen LogP contribution is 2.18. The summed E-state index contributed by atoms with van der Waals surface area (Å²) in [7, 11) is 1.63. The molecule has 0 fully saturated rings. The average molecular weight is 286 g/mol. The number of nitrogens with zero attached hydrogens (tertiary/aromatic N) is 6. The summed E-state index contributed by atoms with van der Waals surface area (Å²) in [6, 6.07) is 5.75. The molecule has 2 aromatic heterocycles. The van der Waals surface area contributed by atoms with Crippen molar-refractivity contribution in [2.45, 2.75) is 13.8 Å². The van der Waals surface area contributed by atoms with Gasteiger partial charge in [-0.3, -0.25) is 0 Å². The van der Waals surface area contributed by atoms with Crippen LogP contribution >= 0.6 is 0 Å². The lowest BCUT2D eigenvalue weighted by Crippen LogP contribution is -2.10. The van der Waals surface area contributed by atoms with Crippen molar-refractivity contribution >= 4 is 17.0 Å². The molecule has 0 atom stereocenters. The predicted molar refractivity (Wildman–Crippen MR) is 74.1 cm³/mol. The first-order valence-electron chi connectivity index (χ1n) is 6.51. The van der Waals surface area contributed by atoms with Crippen molar-refractivity contribution in [2.75, 3.05) is 6.61 Å². The number of carbonyl (C=O) groups is 1. The number of fused-ring (bicyclic) bond motifs is 1. The Morgan fingerprint density at radius 3 is 2.90 bits per heavy atom. The van der Waals surface area contributed by atoms with Crippen molar-refractivity contribution in [1.29, 1.82) is 0 Å². The van der Waals surface area contributed by atoms with Crippen molar-refractivity contribution < 1.29 is 9.53 Å². The largest absolute Gasteiger partial charge is 0.461 e. The summed E-state index contributed by atoms with van der Waals surface area (Å²) in [6.45, 7) is 3.98. The van der Waals surface area contributed by atoms with Crippen molar-refractivity contribution in [2.24, 2.45) is 7.05 Å². The molecular weight excluding hydrogens is 272 g/mol. The number of ether oxygens (including phenoxy) is 1. The molecule has 0 unspecified atom stereocenters. The second kappa shape index (κ2) is 4.97. The fourth-order valence-electron chi connectivity index (χ4n) is 2.06. The fourth-order valence-corrected chi connectivity index (χ4v) is 2.06. The van der Waals surface area contributed by atoms with E-state index in [2.05, 4.69) is 20.5 Å². The van der Waals surface area contributed by atoms with Gasteiger partial charge in [-0.1, -0.05) is 11.3 Å². The number of aryl methyl sites for hydroxylation is 2. The van der Waals surface area contributed by atoms with E-state index in [4.69, 9.17) is 4.74 Å². The van der Waals surface area contributed by atoms with Gasteiger partial charge in [-0.25, -0.2) is 4.79 Å². The zero-order chi connectivity index (χ0) is 15.0. The first-order valence-corrected chi connectivity index (χ1v) is 6.51. The van der Waals surface area contributed by atoms with Gasteiger partial charge in [-0.2, -0.15) is 9.48 Å². The predicted octanol–water partition coefficient (Wildman–Crippen LogP) is 1.03.